The van der Waals surface area contributed by atoms with Crippen LogP contribution in [0.5, 0.6) is 0 Å². The fourth-order valence-corrected chi connectivity index (χ4v) is 3.56. The number of halogens is 2. The van der Waals surface area contributed by atoms with E-state index >= 15 is 0 Å². The largest absolute Gasteiger partial charge is 0.274 e. The average Bonchev–Trinajstić information content (AvgIpc) is 3.05. The number of hydrogen-bond donors (Lipinski definition) is 0. The van der Waals surface area contributed by atoms with Crippen LogP contribution in [-0.4, -0.2) is 26.4 Å². The Labute approximate surface area is 158 Å². The van der Waals surface area contributed by atoms with Gasteiger partial charge in [0.2, 0.25) is 11.8 Å². The second kappa shape index (κ2) is 7.19. The molecule has 0 fully saturated rings. The molecule has 2 aromatic rings. The Bertz CT molecular complexity index is 894. The molecule has 0 aliphatic carbocycles. The molecule has 9 heteroatoms. The molecule has 0 saturated heterocycles. The highest BCUT2D eigenvalue weighted by Crippen LogP contribution is 2.38. The summed E-state index contributed by atoms with van der Waals surface area (Å²) < 4.78 is 1.45. The lowest BCUT2D eigenvalue weighted by Crippen LogP contribution is -2.29. The Morgan fingerprint density at radius 3 is 2.48 bits per heavy atom. The van der Waals surface area contributed by atoms with Crippen LogP contribution in [0.1, 0.15) is 37.0 Å². The van der Waals surface area contributed by atoms with Crippen LogP contribution in [-0.2, 0) is 4.79 Å². The molecule has 1 aromatic heterocycles. The Morgan fingerprint density at radius 1 is 1.12 bits per heavy atom. The van der Waals surface area contributed by atoms with Gasteiger partial charge >= 0.3 is 0 Å². The van der Waals surface area contributed by atoms with Gasteiger partial charge in [0.25, 0.3) is 0 Å². The maximum Gasteiger partial charge on any atom is 0.248 e. The summed E-state index contributed by atoms with van der Waals surface area (Å²) >= 11 is 13.3. The molecular weight excluding hydrogens is 383 g/mol. The number of aromatic nitrogens is 2. The van der Waals surface area contributed by atoms with Gasteiger partial charge < -0.3 is 0 Å². The monoisotopic (exact) mass is 396 g/mol. The number of carbonyl (C=O) groups excluding carboxylic acids is 2. The number of nitrogens with zero attached hydrogens (tertiary/aromatic N) is 4. The molecule has 0 atom stereocenters. The lowest BCUT2D eigenvalue weighted by atomic mass is 10.2. The zero-order valence-corrected chi connectivity index (χ0v) is 15.8. The molecule has 0 bridgehead atoms. The van der Waals surface area contributed by atoms with Crippen LogP contribution in [0.2, 0.25) is 10.0 Å². The summed E-state index contributed by atoms with van der Waals surface area (Å²) in [5, 5.41) is 7.57. The Morgan fingerprint density at radius 2 is 1.84 bits per heavy atom. The molecule has 0 radical (unpaired) electrons. The highest BCUT2D eigenvalue weighted by Gasteiger charge is 2.30. The van der Waals surface area contributed by atoms with Gasteiger partial charge in [-0.3, -0.25) is 14.2 Å². The van der Waals surface area contributed by atoms with Gasteiger partial charge in [-0.1, -0.05) is 43.1 Å². The highest BCUT2D eigenvalue weighted by molar-refractivity contribution is 8.14. The maximum atomic E-state index is 12.3. The van der Waals surface area contributed by atoms with Crippen LogP contribution in [0.15, 0.2) is 34.7 Å². The summed E-state index contributed by atoms with van der Waals surface area (Å²) in [6.07, 6.45) is 2.01. The van der Waals surface area contributed by atoms with Crippen molar-refractivity contribution in [3.63, 3.8) is 0 Å². The van der Waals surface area contributed by atoms with E-state index < -0.39 is 0 Å². The number of rotatable bonds is 3. The van der Waals surface area contributed by atoms with E-state index in [1.54, 1.807) is 32.0 Å². The highest BCUT2D eigenvalue weighted by atomic mass is 35.5. The van der Waals surface area contributed by atoms with Gasteiger partial charge in [-0.05, 0) is 23.9 Å². The summed E-state index contributed by atoms with van der Waals surface area (Å²) in [7, 11) is 0. The van der Waals surface area contributed by atoms with Crippen LogP contribution < -0.4 is 5.01 Å². The average molecular weight is 397 g/mol. The van der Waals surface area contributed by atoms with Crippen molar-refractivity contribution in [2.24, 2.45) is 5.10 Å². The summed E-state index contributed by atoms with van der Waals surface area (Å²) in [5.41, 5.74) is 0.704. The van der Waals surface area contributed by atoms with Crippen LogP contribution in [0.25, 0.3) is 0 Å². The third-order valence-corrected chi connectivity index (χ3v) is 5.39. The van der Waals surface area contributed by atoms with Gasteiger partial charge in [0.05, 0.1) is 10.0 Å². The predicted octanol–water partition coefficient (Wildman–Crippen LogP) is 4.45. The van der Waals surface area contributed by atoms with Crippen LogP contribution in [0, 0.1) is 0 Å². The number of carbonyl (C=O) groups is 2. The number of anilines is 1. The van der Waals surface area contributed by atoms with Crippen molar-refractivity contribution in [1.29, 1.82) is 0 Å². The lowest BCUT2D eigenvalue weighted by molar-refractivity contribution is -0.118. The van der Waals surface area contributed by atoms with Crippen molar-refractivity contribution in [3.8, 4) is 0 Å². The van der Waals surface area contributed by atoms with Crippen molar-refractivity contribution >= 4 is 57.6 Å². The molecular formula is C16H14Cl2N4O2S. The standard InChI is InChI=1S/C16H14Cl2N4O2S/c1-3-12(23)21-8-19-14-16(21)25-15(20-22(14)13(24)4-2)9-5-6-10(17)11(18)7-9/h5-8H,3-4H2,1-2H3. The molecule has 3 rings (SSSR count). The summed E-state index contributed by atoms with van der Waals surface area (Å²) in [6, 6.07) is 5.11. The van der Waals surface area contributed by atoms with E-state index in [9.17, 15) is 9.59 Å². The number of imidazole rings is 1. The minimum Gasteiger partial charge on any atom is -0.274 e. The number of thioether (sulfide) groups is 1. The van der Waals surface area contributed by atoms with Crippen LogP contribution >= 0.6 is 35.0 Å². The molecule has 0 N–H and O–H groups in total. The molecule has 0 spiro atoms. The Kier molecular flexibility index (Phi) is 5.17. The first kappa shape index (κ1) is 18.0. The van der Waals surface area contributed by atoms with Gasteiger partial charge in [0.1, 0.15) is 16.4 Å². The number of fused-ring (bicyclic) bond motifs is 1. The number of hydrazone groups is 1. The van der Waals surface area contributed by atoms with Gasteiger partial charge in [0.15, 0.2) is 5.82 Å². The van der Waals surface area contributed by atoms with E-state index in [0.717, 1.165) is 0 Å². The maximum absolute atomic E-state index is 12.3. The molecule has 1 aliphatic heterocycles. The summed E-state index contributed by atoms with van der Waals surface area (Å²) in [5.74, 6) is 0.0382. The smallest absolute Gasteiger partial charge is 0.248 e. The van der Waals surface area contributed by atoms with Gasteiger partial charge in [-0.25, -0.2) is 4.98 Å². The van der Waals surface area contributed by atoms with Gasteiger partial charge in [0, 0.05) is 18.4 Å². The minimum absolute atomic E-state index is 0.111. The van der Waals surface area contributed by atoms with Crippen molar-refractivity contribution in [2.45, 2.75) is 31.7 Å². The first-order valence-electron chi connectivity index (χ1n) is 7.61. The van der Waals surface area contributed by atoms with Gasteiger partial charge in [-0.2, -0.15) is 10.1 Å². The second-order valence-electron chi connectivity index (χ2n) is 5.19. The zero-order chi connectivity index (χ0) is 18.1. The summed E-state index contributed by atoms with van der Waals surface area (Å²) in [4.78, 5) is 28.7. The Balaban J connectivity index is 2.11. The van der Waals surface area contributed by atoms with Crippen LogP contribution in [0.3, 0.4) is 0 Å². The molecule has 6 nitrogen and oxygen atoms in total. The van der Waals surface area contributed by atoms with Crippen molar-refractivity contribution in [2.75, 3.05) is 5.01 Å². The molecule has 0 saturated carbocycles. The van der Waals surface area contributed by atoms with Gasteiger partial charge in [-0.15, -0.1) is 0 Å². The van der Waals surface area contributed by atoms with Crippen LogP contribution in [0.4, 0.5) is 5.82 Å². The SMILES string of the molecule is CCC(=O)N1N=C(c2ccc(Cl)c(Cl)c2)Sc2c1ncn2C(=O)CC. The fourth-order valence-electron chi connectivity index (χ4n) is 2.24. The third-order valence-electron chi connectivity index (χ3n) is 3.57. The molecule has 2 heterocycles. The fraction of sp³-hybridized carbons (Fsp3) is 0.250. The number of hydrogen-bond acceptors (Lipinski definition) is 5. The van der Waals surface area contributed by atoms with E-state index in [1.807, 2.05) is 0 Å². The molecule has 0 unspecified atom stereocenters. The van der Waals surface area contributed by atoms with Crippen molar-refractivity contribution in [3.05, 3.63) is 40.1 Å². The number of benzene rings is 1. The van der Waals surface area contributed by atoms with E-state index in [0.29, 0.717) is 37.9 Å². The minimum atomic E-state index is -0.215. The Hall–Kier alpha value is -1.83. The summed E-state index contributed by atoms with van der Waals surface area (Å²) in [6.45, 7) is 3.51. The molecule has 130 valence electrons. The second-order valence-corrected chi connectivity index (χ2v) is 6.98. The third kappa shape index (κ3) is 3.31. The molecule has 25 heavy (non-hydrogen) atoms. The molecule has 1 amide bonds. The quantitative estimate of drug-likeness (QED) is 0.768. The van der Waals surface area contributed by atoms with Crippen molar-refractivity contribution in [1.82, 2.24) is 9.55 Å². The van der Waals surface area contributed by atoms with E-state index in [-0.39, 0.29) is 18.2 Å². The zero-order valence-electron chi connectivity index (χ0n) is 13.5. The number of amides is 1. The first-order chi connectivity index (χ1) is 12.0. The normalized spacial score (nSPS) is 13.4. The first-order valence-corrected chi connectivity index (χ1v) is 9.18. The predicted molar refractivity (Wildman–Crippen MR) is 99.8 cm³/mol. The van der Waals surface area contributed by atoms with E-state index in [1.165, 1.54) is 27.7 Å². The molecule has 1 aliphatic rings. The lowest BCUT2D eigenvalue weighted by Gasteiger charge is -2.22. The molecule has 1 aromatic carbocycles. The van der Waals surface area contributed by atoms with E-state index in [4.69, 9.17) is 23.2 Å². The van der Waals surface area contributed by atoms with E-state index in [2.05, 4.69) is 10.1 Å². The van der Waals surface area contributed by atoms with Crippen molar-refractivity contribution < 1.29 is 9.59 Å². The topological polar surface area (TPSA) is 67.6 Å².